The van der Waals surface area contributed by atoms with E-state index in [0.717, 1.165) is 0 Å². The molecule has 0 atom stereocenters. The third-order valence-electron chi connectivity index (χ3n) is 2.37. The maximum absolute atomic E-state index is 5.72. The summed E-state index contributed by atoms with van der Waals surface area (Å²) in [4.78, 5) is 0.662. The van der Waals surface area contributed by atoms with Crippen LogP contribution in [-0.2, 0) is 0 Å². The fourth-order valence-electron chi connectivity index (χ4n) is 1.19. The van der Waals surface area contributed by atoms with Crippen LogP contribution < -0.4 is 0 Å². The Morgan fingerprint density at radius 3 is 0.583 bits per heavy atom. The van der Waals surface area contributed by atoms with Crippen LogP contribution in [0.3, 0.4) is 0 Å². The van der Waals surface area contributed by atoms with Crippen molar-refractivity contribution in [2.75, 3.05) is 0 Å². The van der Waals surface area contributed by atoms with Crippen molar-refractivity contribution in [1.82, 2.24) is 0 Å². The first kappa shape index (κ1) is 24.1. The minimum absolute atomic E-state index is 0.145. The lowest BCUT2D eigenvalue weighted by Gasteiger charge is -2.07. The molecule has 0 radical (unpaired) electrons. The molecular weight excluding hydrogens is 563 g/mol. The van der Waals surface area contributed by atoms with Crippen molar-refractivity contribution in [2.24, 2.45) is 0 Å². The minimum atomic E-state index is 0.145. The van der Waals surface area contributed by atoms with Crippen LogP contribution in [0.15, 0.2) is 9.79 Å². The molecule has 0 fully saturated rings. The number of hydrogen-bond acceptors (Lipinski definition) is 2. The molecule has 2 aromatic carbocycles. The van der Waals surface area contributed by atoms with E-state index in [0.29, 0.717) is 9.79 Å². The van der Waals surface area contributed by atoms with Gasteiger partial charge in [-0.15, -0.1) is 25.3 Å². The highest BCUT2D eigenvalue weighted by Crippen LogP contribution is 2.46. The predicted molar refractivity (Wildman–Crippen MR) is 117 cm³/mol. The molecule has 0 spiro atoms. The first-order valence-electron chi connectivity index (χ1n) is 5.34. The maximum Gasteiger partial charge on any atom is 0.0809 e. The molecular formula is C12H2Cl10S2. The van der Waals surface area contributed by atoms with Gasteiger partial charge in [0.05, 0.1) is 50.2 Å². The van der Waals surface area contributed by atoms with Crippen molar-refractivity contribution in [1.29, 1.82) is 0 Å². The van der Waals surface area contributed by atoms with E-state index >= 15 is 0 Å². The molecule has 0 N–H and O–H groups in total. The van der Waals surface area contributed by atoms with Crippen LogP contribution in [0, 0.1) is 0 Å². The van der Waals surface area contributed by atoms with Crippen molar-refractivity contribution in [3.63, 3.8) is 0 Å². The van der Waals surface area contributed by atoms with E-state index in [9.17, 15) is 0 Å². The van der Waals surface area contributed by atoms with Gasteiger partial charge in [0.15, 0.2) is 0 Å². The van der Waals surface area contributed by atoms with Gasteiger partial charge in [0.25, 0.3) is 0 Å². The largest absolute Gasteiger partial charge is 0.140 e. The Morgan fingerprint density at radius 1 is 0.292 bits per heavy atom. The summed E-state index contributed by atoms with van der Waals surface area (Å²) >= 11 is 65.1. The Morgan fingerprint density at radius 2 is 0.417 bits per heavy atom. The van der Waals surface area contributed by atoms with Crippen LogP contribution in [0.2, 0.25) is 50.2 Å². The van der Waals surface area contributed by atoms with Gasteiger partial charge >= 0.3 is 0 Å². The van der Waals surface area contributed by atoms with Crippen LogP contribution in [0.5, 0.6) is 0 Å². The SMILES string of the molecule is Sc1c(Cl)c(Cl)c(Cl)c(Cl)c1Cl.Sc1c(Cl)c(Cl)c(Cl)c(Cl)c1Cl. The minimum Gasteiger partial charge on any atom is -0.140 e. The molecule has 0 unspecified atom stereocenters. The van der Waals surface area contributed by atoms with Gasteiger partial charge in [-0.05, 0) is 0 Å². The zero-order valence-corrected chi connectivity index (χ0v) is 20.0. The van der Waals surface area contributed by atoms with Crippen LogP contribution >= 0.6 is 141 Å². The number of rotatable bonds is 0. The fourth-order valence-corrected chi connectivity index (χ4v) is 4.17. The zero-order valence-electron chi connectivity index (χ0n) is 10.7. The monoisotopic (exact) mass is 560 g/mol. The molecule has 0 aromatic heterocycles. The lowest BCUT2D eigenvalue weighted by Crippen LogP contribution is -1.80. The topological polar surface area (TPSA) is 0 Å². The van der Waals surface area contributed by atoms with Crippen molar-refractivity contribution in [3.05, 3.63) is 50.2 Å². The molecule has 0 saturated carbocycles. The summed E-state index contributed by atoms with van der Waals surface area (Å²) in [6.45, 7) is 0. The number of hydrogen-bond donors (Lipinski definition) is 2. The van der Waals surface area contributed by atoms with E-state index in [1.165, 1.54) is 0 Å². The molecule has 0 heterocycles. The molecule has 0 aliphatic heterocycles. The summed E-state index contributed by atoms with van der Waals surface area (Å²) in [6.07, 6.45) is 0. The first-order chi connectivity index (χ1) is 10.9. The van der Waals surface area contributed by atoms with E-state index in [2.05, 4.69) is 25.3 Å². The highest BCUT2D eigenvalue weighted by Gasteiger charge is 2.17. The molecule has 0 nitrogen and oxygen atoms in total. The van der Waals surface area contributed by atoms with Gasteiger partial charge in [0.1, 0.15) is 0 Å². The van der Waals surface area contributed by atoms with E-state index in [1.54, 1.807) is 0 Å². The van der Waals surface area contributed by atoms with Crippen LogP contribution in [-0.4, -0.2) is 0 Å². The van der Waals surface area contributed by atoms with Crippen molar-refractivity contribution >= 4 is 141 Å². The summed E-state index contributed by atoms with van der Waals surface area (Å²) in [5.41, 5.74) is 0. The van der Waals surface area contributed by atoms with E-state index < -0.39 is 0 Å². The Labute approximate surface area is 199 Å². The summed E-state index contributed by atoms with van der Waals surface area (Å²) in [7, 11) is 0. The average molecular weight is 565 g/mol. The van der Waals surface area contributed by atoms with Gasteiger partial charge in [-0.2, -0.15) is 0 Å². The zero-order chi connectivity index (χ0) is 18.9. The lowest BCUT2D eigenvalue weighted by molar-refractivity contribution is 1.47. The number of benzene rings is 2. The molecule has 0 bridgehead atoms. The van der Waals surface area contributed by atoms with Gasteiger partial charge in [0.2, 0.25) is 0 Å². The lowest BCUT2D eigenvalue weighted by atomic mass is 10.3. The molecule has 0 aliphatic rings. The summed E-state index contributed by atoms with van der Waals surface area (Å²) in [5.74, 6) is 0. The van der Waals surface area contributed by atoms with Gasteiger partial charge in [-0.3, -0.25) is 0 Å². The van der Waals surface area contributed by atoms with E-state index in [4.69, 9.17) is 116 Å². The predicted octanol–water partition coefficient (Wildman–Crippen LogP) is 10.5. The second-order valence-electron chi connectivity index (χ2n) is 3.84. The highest BCUT2D eigenvalue weighted by atomic mass is 35.5. The first-order valence-corrected chi connectivity index (χ1v) is 10.0. The Hall–Kier alpha value is 2.04. The van der Waals surface area contributed by atoms with Crippen LogP contribution in [0.4, 0.5) is 0 Å². The van der Waals surface area contributed by atoms with Crippen molar-refractivity contribution in [2.45, 2.75) is 9.79 Å². The Bertz CT molecular complexity index is 528. The smallest absolute Gasteiger partial charge is 0.0809 e. The third kappa shape index (κ3) is 5.10. The molecule has 132 valence electrons. The van der Waals surface area contributed by atoms with Gasteiger partial charge in [-0.1, -0.05) is 116 Å². The molecule has 0 saturated heterocycles. The van der Waals surface area contributed by atoms with Gasteiger partial charge in [0, 0.05) is 9.79 Å². The Kier molecular flexibility index (Phi) is 10.0. The standard InChI is InChI=1S/2C6HCl5S/c2*7-1-2(8)4(10)6(12)5(11)3(1)9/h2*12H. The van der Waals surface area contributed by atoms with Crippen LogP contribution in [0.1, 0.15) is 0 Å². The van der Waals surface area contributed by atoms with Crippen LogP contribution in [0.25, 0.3) is 0 Å². The summed E-state index contributed by atoms with van der Waals surface area (Å²) in [5, 5.41) is 1.78. The second-order valence-corrected chi connectivity index (χ2v) is 8.51. The van der Waals surface area contributed by atoms with E-state index in [-0.39, 0.29) is 50.2 Å². The number of halogens is 10. The molecule has 2 aromatic rings. The Balaban J connectivity index is 0.000000240. The second kappa shape index (κ2) is 10.0. The molecule has 2 rings (SSSR count). The number of thiol groups is 2. The molecule has 0 amide bonds. The third-order valence-corrected chi connectivity index (χ3v) is 8.35. The molecule has 12 heteroatoms. The highest BCUT2D eigenvalue weighted by molar-refractivity contribution is 7.80. The molecule has 24 heavy (non-hydrogen) atoms. The van der Waals surface area contributed by atoms with Crippen molar-refractivity contribution in [3.8, 4) is 0 Å². The normalized spacial score (nSPS) is 10.5. The average Bonchev–Trinajstić information content (AvgIpc) is 2.58. The summed E-state index contributed by atoms with van der Waals surface area (Å²) in [6, 6.07) is 0. The van der Waals surface area contributed by atoms with Crippen molar-refractivity contribution < 1.29 is 0 Å². The summed E-state index contributed by atoms with van der Waals surface area (Å²) < 4.78 is 0. The van der Waals surface area contributed by atoms with Gasteiger partial charge in [-0.25, -0.2) is 0 Å². The van der Waals surface area contributed by atoms with E-state index in [1.807, 2.05) is 0 Å². The molecule has 0 aliphatic carbocycles. The quantitative estimate of drug-likeness (QED) is 0.177. The van der Waals surface area contributed by atoms with Gasteiger partial charge < -0.3 is 0 Å². The fraction of sp³-hybridized carbons (Fsp3) is 0. The maximum atomic E-state index is 5.72.